The fraction of sp³-hybridized carbons (Fsp3) is 0. The van der Waals surface area contributed by atoms with Crippen molar-refractivity contribution >= 4 is 24.8 Å². The van der Waals surface area contributed by atoms with Gasteiger partial charge in [0.1, 0.15) is 0 Å². The predicted octanol–water partition coefficient (Wildman–Crippen LogP) is -2.64. The van der Waals surface area contributed by atoms with Gasteiger partial charge in [-0.15, -0.1) is 17.0 Å². The first-order chi connectivity index (χ1) is 3.33. The molecular formula is C3H2BBrN3Na. The summed E-state index contributed by atoms with van der Waals surface area (Å²) in [5.41, 5.74) is 0. The van der Waals surface area contributed by atoms with Crippen molar-refractivity contribution in [3.63, 3.8) is 0 Å². The molecule has 0 aromatic rings. The standard InChI is InChI=1S/C2N2.CBN.BrH.Na.H/c3-1-2-4;2-1-3;;;/h;;1H;;/q;;;+1;-1. The molecule has 40 valence electrons. The van der Waals surface area contributed by atoms with E-state index in [9.17, 15) is 0 Å². The Morgan fingerprint density at radius 2 is 1.22 bits per heavy atom. The third-order valence-electron chi connectivity index (χ3n) is 0.0500. The Morgan fingerprint density at radius 1 is 1.11 bits per heavy atom. The second-order valence-corrected chi connectivity index (χ2v) is 0.353. The molecule has 0 N–H and O–H groups in total. The minimum atomic E-state index is 0. The number of halogens is 1. The Bertz CT molecular complexity index is 133. The monoisotopic (exact) mass is 193 g/mol. The van der Waals surface area contributed by atoms with Crippen LogP contribution in [0.4, 0.5) is 0 Å². The van der Waals surface area contributed by atoms with Crippen LogP contribution >= 0.6 is 17.0 Å². The first kappa shape index (κ1) is 23.0. The van der Waals surface area contributed by atoms with E-state index in [0.29, 0.717) is 0 Å². The molecule has 0 aromatic heterocycles. The normalized spacial score (nSPS) is 1.89. The van der Waals surface area contributed by atoms with Gasteiger partial charge in [-0.25, -0.2) is 5.26 Å². The van der Waals surface area contributed by atoms with Crippen molar-refractivity contribution in [1.29, 1.82) is 15.8 Å². The summed E-state index contributed by atoms with van der Waals surface area (Å²) in [5.74, 6) is 1.25. The molecule has 0 unspecified atom stereocenters. The van der Waals surface area contributed by atoms with Crippen LogP contribution in [-0.4, -0.2) is 7.85 Å². The largest absolute Gasteiger partial charge is 1.00 e. The van der Waals surface area contributed by atoms with Gasteiger partial charge in [0.2, 0.25) is 7.85 Å². The Balaban J connectivity index is -0.0000000131. The minimum absolute atomic E-state index is 0. The molecule has 9 heavy (non-hydrogen) atoms. The summed E-state index contributed by atoms with van der Waals surface area (Å²) in [6.45, 7) is 0. The van der Waals surface area contributed by atoms with E-state index in [1.807, 2.05) is 0 Å². The average Bonchev–Trinajstić information content (AvgIpc) is 1.69. The van der Waals surface area contributed by atoms with Crippen molar-refractivity contribution in [3.05, 3.63) is 0 Å². The molecule has 0 aliphatic rings. The van der Waals surface area contributed by atoms with Crippen molar-refractivity contribution in [1.82, 2.24) is 0 Å². The van der Waals surface area contributed by atoms with Crippen LogP contribution in [0.5, 0.6) is 0 Å². The number of nitriles is 3. The molecule has 2 radical (unpaired) electrons. The first-order valence-electron chi connectivity index (χ1n) is 1.21. The fourth-order valence-corrected chi connectivity index (χ4v) is 0. The van der Waals surface area contributed by atoms with E-state index in [0.717, 1.165) is 0 Å². The topological polar surface area (TPSA) is 71.4 Å². The fourth-order valence-electron chi connectivity index (χ4n) is 0. The third-order valence-corrected chi connectivity index (χ3v) is 0.0500. The minimum Gasteiger partial charge on any atom is -1.00 e. The zero-order valence-electron chi connectivity index (χ0n) is 5.83. The summed E-state index contributed by atoms with van der Waals surface area (Å²) in [6, 6.07) is 2.47. The van der Waals surface area contributed by atoms with Crippen molar-refractivity contribution in [2.75, 3.05) is 0 Å². The molecule has 0 saturated carbocycles. The zero-order valence-corrected chi connectivity index (χ0v) is 8.54. The predicted molar refractivity (Wildman–Crippen MR) is 34.0 cm³/mol. The smallest absolute Gasteiger partial charge is 1.00 e. The van der Waals surface area contributed by atoms with Crippen LogP contribution in [0.25, 0.3) is 0 Å². The molecule has 0 saturated heterocycles. The number of hydrogen-bond donors (Lipinski definition) is 0. The van der Waals surface area contributed by atoms with E-state index in [2.05, 4.69) is 7.85 Å². The second kappa shape index (κ2) is 43.4. The summed E-state index contributed by atoms with van der Waals surface area (Å²) in [7, 11) is 4.15. The molecule has 0 aliphatic heterocycles. The number of rotatable bonds is 0. The number of nitrogens with zero attached hydrogens (tertiary/aromatic N) is 3. The molecule has 0 rings (SSSR count). The Kier molecular flexibility index (Phi) is 111. The second-order valence-electron chi connectivity index (χ2n) is 0.353. The third kappa shape index (κ3) is 282. The van der Waals surface area contributed by atoms with E-state index < -0.39 is 0 Å². The van der Waals surface area contributed by atoms with Crippen LogP contribution < -0.4 is 29.6 Å². The Labute approximate surface area is 89.2 Å². The van der Waals surface area contributed by atoms with Gasteiger partial charge in [0.15, 0.2) is 12.1 Å². The van der Waals surface area contributed by atoms with Crippen molar-refractivity contribution in [3.8, 4) is 18.1 Å². The van der Waals surface area contributed by atoms with Gasteiger partial charge in [-0.1, -0.05) is 0 Å². The Hall–Kier alpha value is 0.0149. The van der Waals surface area contributed by atoms with Crippen LogP contribution in [-0.2, 0) is 0 Å². The maximum absolute atomic E-state index is 7.26. The molecule has 0 atom stereocenters. The van der Waals surface area contributed by atoms with Gasteiger partial charge in [-0.2, -0.15) is 10.5 Å². The van der Waals surface area contributed by atoms with Crippen molar-refractivity contribution in [2.45, 2.75) is 0 Å². The molecule has 0 amide bonds. The van der Waals surface area contributed by atoms with E-state index in [4.69, 9.17) is 15.8 Å². The van der Waals surface area contributed by atoms with Gasteiger partial charge >= 0.3 is 29.6 Å². The molecule has 0 spiro atoms. The van der Waals surface area contributed by atoms with Gasteiger partial charge < -0.3 is 1.43 Å². The summed E-state index contributed by atoms with van der Waals surface area (Å²) in [5, 5.41) is 21.6. The van der Waals surface area contributed by atoms with Crippen LogP contribution in [0.2, 0.25) is 0 Å². The summed E-state index contributed by atoms with van der Waals surface area (Å²) in [4.78, 5) is 0. The van der Waals surface area contributed by atoms with Gasteiger partial charge in [-0.05, 0) is 5.97 Å². The zero-order chi connectivity index (χ0) is 6.12. The summed E-state index contributed by atoms with van der Waals surface area (Å²) >= 11 is 0. The van der Waals surface area contributed by atoms with Crippen LogP contribution in [0.15, 0.2) is 0 Å². The quantitative estimate of drug-likeness (QED) is 0.395. The summed E-state index contributed by atoms with van der Waals surface area (Å²) < 4.78 is 0. The van der Waals surface area contributed by atoms with Crippen molar-refractivity contribution in [2.24, 2.45) is 0 Å². The van der Waals surface area contributed by atoms with Crippen LogP contribution in [0, 0.1) is 33.9 Å². The van der Waals surface area contributed by atoms with E-state index in [1.165, 1.54) is 18.1 Å². The van der Waals surface area contributed by atoms with Gasteiger partial charge in [0.25, 0.3) is 0 Å². The molecule has 0 bridgehead atoms. The van der Waals surface area contributed by atoms with E-state index in [-0.39, 0.29) is 48.0 Å². The SMILES string of the molecule is Br.N#CC#N.[B]C#N.[H-].[Na+]. The van der Waals surface area contributed by atoms with Crippen molar-refractivity contribution < 1.29 is 31.0 Å². The van der Waals surface area contributed by atoms with Crippen LogP contribution in [0.3, 0.4) is 0 Å². The first-order valence-corrected chi connectivity index (χ1v) is 1.21. The average molecular weight is 194 g/mol. The Morgan fingerprint density at radius 3 is 1.22 bits per heavy atom. The van der Waals surface area contributed by atoms with Gasteiger partial charge in [0.05, 0.1) is 0 Å². The molecule has 6 heteroatoms. The van der Waals surface area contributed by atoms with E-state index in [1.54, 1.807) is 0 Å². The van der Waals surface area contributed by atoms with Gasteiger partial charge in [-0.3, -0.25) is 0 Å². The molecule has 0 aliphatic carbocycles. The maximum atomic E-state index is 7.26. The van der Waals surface area contributed by atoms with E-state index >= 15 is 0 Å². The molecule has 0 fully saturated rings. The van der Waals surface area contributed by atoms with Crippen LogP contribution in [0.1, 0.15) is 1.43 Å². The number of hydrogen-bond acceptors (Lipinski definition) is 3. The molecule has 3 nitrogen and oxygen atoms in total. The van der Waals surface area contributed by atoms with Gasteiger partial charge in [0, 0.05) is 0 Å². The maximum Gasteiger partial charge on any atom is 1.00 e. The molecule has 0 heterocycles. The molecular weight excluding hydrogens is 192 g/mol. The molecule has 0 aromatic carbocycles. The summed E-state index contributed by atoms with van der Waals surface area (Å²) in [6.07, 6.45) is 0.